The van der Waals surface area contributed by atoms with E-state index in [2.05, 4.69) is 4.98 Å². The van der Waals surface area contributed by atoms with Gasteiger partial charge in [-0.15, -0.1) is 0 Å². The Labute approximate surface area is 116 Å². The number of hydrogen-bond acceptors (Lipinski definition) is 4. The zero-order valence-corrected chi connectivity index (χ0v) is 11.6. The van der Waals surface area contributed by atoms with Crippen molar-refractivity contribution in [3.63, 3.8) is 0 Å². The fourth-order valence-corrected chi connectivity index (χ4v) is 2.33. The lowest BCUT2D eigenvalue weighted by atomic mass is 9.96. The number of rotatable bonds is 2. The number of H-pyrrole nitrogens is 1. The maximum absolute atomic E-state index is 11.8. The van der Waals surface area contributed by atoms with Crippen molar-refractivity contribution in [2.24, 2.45) is 0 Å². The summed E-state index contributed by atoms with van der Waals surface area (Å²) in [5.41, 5.74) is 8.34. The number of hydrogen-bond donors (Lipinski definition) is 2. The number of aromatic amines is 1. The standard InChI is InChI=1S/C15H15N3O2/c1-8-4-9(2)14(20-3)11(5-8)10-6-13(17)18-15(19)12(10)7-16/h4-6H,1-3H3,(H3,17,18,19). The fraction of sp³-hybridized carbons (Fsp3) is 0.200. The minimum atomic E-state index is -0.497. The van der Waals surface area contributed by atoms with Crippen LogP contribution in [0.2, 0.25) is 0 Å². The Morgan fingerprint density at radius 3 is 2.55 bits per heavy atom. The molecular formula is C15H15N3O2. The molecule has 0 bridgehead atoms. The molecule has 0 saturated carbocycles. The molecule has 0 saturated heterocycles. The number of anilines is 1. The molecule has 2 aromatic rings. The Morgan fingerprint density at radius 1 is 1.25 bits per heavy atom. The van der Waals surface area contributed by atoms with E-state index in [9.17, 15) is 10.1 Å². The number of aromatic nitrogens is 1. The van der Waals surface area contributed by atoms with Crippen molar-refractivity contribution >= 4 is 5.82 Å². The fourth-order valence-electron chi connectivity index (χ4n) is 2.33. The molecule has 0 unspecified atom stereocenters. The Hall–Kier alpha value is -2.74. The third kappa shape index (κ3) is 2.24. The third-order valence-electron chi connectivity index (χ3n) is 3.08. The minimum Gasteiger partial charge on any atom is -0.496 e. The number of nitrogen functional groups attached to an aromatic ring is 1. The van der Waals surface area contributed by atoms with Gasteiger partial charge in [-0.2, -0.15) is 5.26 Å². The minimum absolute atomic E-state index is 0.0301. The molecule has 102 valence electrons. The first-order valence-corrected chi connectivity index (χ1v) is 6.06. The van der Waals surface area contributed by atoms with Crippen LogP contribution >= 0.6 is 0 Å². The molecular weight excluding hydrogens is 254 g/mol. The Kier molecular flexibility index (Phi) is 3.49. The molecule has 5 heteroatoms. The van der Waals surface area contributed by atoms with Crippen LogP contribution in [0.5, 0.6) is 5.75 Å². The number of methoxy groups -OCH3 is 1. The van der Waals surface area contributed by atoms with Crippen molar-refractivity contribution < 1.29 is 4.74 Å². The van der Waals surface area contributed by atoms with Gasteiger partial charge in [-0.25, -0.2) is 0 Å². The lowest BCUT2D eigenvalue weighted by Crippen LogP contribution is -2.14. The normalized spacial score (nSPS) is 10.1. The molecule has 0 amide bonds. The number of nitrogens with zero attached hydrogens (tertiary/aromatic N) is 1. The molecule has 1 aromatic carbocycles. The first kappa shape index (κ1) is 13.7. The largest absolute Gasteiger partial charge is 0.496 e. The molecule has 0 fully saturated rings. The first-order chi connectivity index (χ1) is 9.47. The predicted octanol–water partition coefficient (Wildman–Crippen LogP) is 2.12. The van der Waals surface area contributed by atoms with Crippen LogP contribution < -0.4 is 16.0 Å². The van der Waals surface area contributed by atoms with E-state index in [1.54, 1.807) is 13.2 Å². The van der Waals surface area contributed by atoms with Gasteiger partial charge in [0.25, 0.3) is 5.56 Å². The van der Waals surface area contributed by atoms with E-state index >= 15 is 0 Å². The second-order valence-corrected chi connectivity index (χ2v) is 4.62. The number of benzene rings is 1. The molecule has 0 spiro atoms. The Balaban J connectivity index is 2.88. The predicted molar refractivity (Wildman–Crippen MR) is 77.7 cm³/mol. The van der Waals surface area contributed by atoms with Gasteiger partial charge in [-0.3, -0.25) is 4.79 Å². The van der Waals surface area contributed by atoms with Crippen LogP contribution in [0.1, 0.15) is 16.7 Å². The maximum Gasteiger partial charge on any atom is 0.268 e. The van der Waals surface area contributed by atoms with Gasteiger partial charge in [0.1, 0.15) is 23.2 Å². The van der Waals surface area contributed by atoms with Crippen LogP contribution in [-0.2, 0) is 0 Å². The zero-order chi connectivity index (χ0) is 14.9. The van der Waals surface area contributed by atoms with Crippen molar-refractivity contribution in [2.45, 2.75) is 13.8 Å². The van der Waals surface area contributed by atoms with Gasteiger partial charge >= 0.3 is 0 Å². The molecule has 5 nitrogen and oxygen atoms in total. The van der Waals surface area contributed by atoms with Crippen molar-refractivity contribution in [3.05, 3.63) is 45.2 Å². The Bertz CT molecular complexity index is 770. The number of nitrogens with two attached hydrogens (primary N) is 1. The second-order valence-electron chi connectivity index (χ2n) is 4.62. The molecule has 3 N–H and O–H groups in total. The SMILES string of the molecule is COc1c(C)cc(C)cc1-c1cc(N)[nH]c(=O)c1C#N. The topological polar surface area (TPSA) is 91.9 Å². The first-order valence-electron chi connectivity index (χ1n) is 6.06. The van der Waals surface area contributed by atoms with Crippen LogP contribution in [0.25, 0.3) is 11.1 Å². The van der Waals surface area contributed by atoms with Crippen LogP contribution in [0, 0.1) is 25.2 Å². The summed E-state index contributed by atoms with van der Waals surface area (Å²) in [6, 6.07) is 7.36. The van der Waals surface area contributed by atoms with Crippen molar-refractivity contribution in [2.75, 3.05) is 12.8 Å². The van der Waals surface area contributed by atoms with Crippen molar-refractivity contribution in [3.8, 4) is 22.9 Å². The summed E-state index contributed by atoms with van der Waals surface area (Å²) in [6.45, 7) is 3.86. The van der Waals surface area contributed by atoms with Gasteiger partial charge in [0.15, 0.2) is 0 Å². The zero-order valence-electron chi connectivity index (χ0n) is 11.6. The summed E-state index contributed by atoms with van der Waals surface area (Å²) in [5.74, 6) is 0.849. The summed E-state index contributed by atoms with van der Waals surface area (Å²) < 4.78 is 5.40. The van der Waals surface area contributed by atoms with Crippen LogP contribution in [-0.4, -0.2) is 12.1 Å². The lowest BCUT2D eigenvalue weighted by molar-refractivity contribution is 0.413. The molecule has 0 atom stereocenters. The van der Waals surface area contributed by atoms with E-state index in [0.29, 0.717) is 16.9 Å². The molecule has 0 aliphatic carbocycles. The van der Waals surface area contributed by atoms with E-state index in [1.165, 1.54) is 0 Å². The highest BCUT2D eigenvalue weighted by molar-refractivity contribution is 5.78. The van der Waals surface area contributed by atoms with Crippen molar-refractivity contribution in [1.29, 1.82) is 5.26 Å². The number of nitrogens with one attached hydrogen (secondary N) is 1. The van der Waals surface area contributed by atoms with Gasteiger partial charge < -0.3 is 15.5 Å². The molecule has 0 aliphatic rings. The summed E-state index contributed by atoms with van der Waals surface area (Å²) in [5, 5.41) is 9.20. The van der Waals surface area contributed by atoms with Crippen LogP contribution in [0.15, 0.2) is 23.0 Å². The summed E-state index contributed by atoms with van der Waals surface area (Å²) >= 11 is 0. The summed E-state index contributed by atoms with van der Waals surface area (Å²) in [4.78, 5) is 14.3. The second kappa shape index (κ2) is 5.10. The van der Waals surface area contributed by atoms with E-state index in [4.69, 9.17) is 10.5 Å². The molecule has 2 rings (SSSR count). The average Bonchev–Trinajstić information content (AvgIpc) is 2.37. The van der Waals surface area contributed by atoms with Crippen LogP contribution in [0.3, 0.4) is 0 Å². The summed E-state index contributed by atoms with van der Waals surface area (Å²) in [7, 11) is 1.56. The average molecular weight is 269 g/mol. The van der Waals surface area contributed by atoms with Gasteiger partial charge in [0, 0.05) is 11.1 Å². The van der Waals surface area contributed by atoms with E-state index in [-0.39, 0.29) is 11.4 Å². The lowest BCUT2D eigenvalue weighted by Gasteiger charge is -2.14. The van der Waals surface area contributed by atoms with Crippen LogP contribution in [0.4, 0.5) is 5.82 Å². The molecule has 0 radical (unpaired) electrons. The van der Waals surface area contributed by atoms with Gasteiger partial charge in [0.2, 0.25) is 0 Å². The Morgan fingerprint density at radius 2 is 1.95 bits per heavy atom. The number of aryl methyl sites for hydroxylation is 2. The highest BCUT2D eigenvalue weighted by Gasteiger charge is 2.16. The third-order valence-corrected chi connectivity index (χ3v) is 3.08. The smallest absolute Gasteiger partial charge is 0.268 e. The molecule has 1 aromatic heterocycles. The quantitative estimate of drug-likeness (QED) is 0.873. The highest BCUT2D eigenvalue weighted by Crippen LogP contribution is 2.35. The number of ether oxygens (including phenoxy) is 1. The highest BCUT2D eigenvalue weighted by atomic mass is 16.5. The van der Waals surface area contributed by atoms with E-state index < -0.39 is 5.56 Å². The maximum atomic E-state index is 11.8. The number of nitriles is 1. The van der Waals surface area contributed by atoms with E-state index in [0.717, 1.165) is 11.1 Å². The summed E-state index contributed by atoms with van der Waals surface area (Å²) in [6.07, 6.45) is 0. The number of pyridine rings is 1. The van der Waals surface area contributed by atoms with Crippen molar-refractivity contribution in [1.82, 2.24) is 4.98 Å². The van der Waals surface area contributed by atoms with E-state index in [1.807, 2.05) is 32.0 Å². The molecule has 20 heavy (non-hydrogen) atoms. The van der Waals surface area contributed by atoms with Gasteiger partial charge in [-0.1, -0.05) is 6.07 Å². The van der Waals surface area contributed by atoms with Gasteiger partial charge in [0.05, 0.1) is 7.11 Å². The van der Waals surface area contributed by atoms with Gasteiger partial charge in [-0.05, 0) is 37.1 Å². The molecule has 1 heterocycles. The monoisotopic (exact) mass is 269 g/mol. The molecule has 0 aliphatic heterocycles.